The Morgan fingerprint density at radius 2 is 2.21 bits per heavy atom. The number of fused-ring (bicyclic) bond motifs is 1. The lowest BCUT2D eigenvalue weighted by molar-refractivity contribution is 0.187. The number of anilines is 1. The van der Waals surface area contributed by atoms with Crippen LogP contribution in [0.25, 0.3) is 10.2 Å². The maximum Gasteiger partial charge on any atom is 0.404 e. The van der Waals surface area contributed by atoms with Gasteiger partial charge in [-0.2, -0.15) is 0 Å². The van der Waals surface area contributed by atoms with Gasteiger partial charge in [0.15, 0.2) is 0 Å². The third-order valence-corrected chi connectivity index (χ3v) is 4.25. The van der Waals surface area contributed by atoms with Crippen molar-refractivity contribution in [2.45, 2.75) is 18.9 Å². The topological polar surface area (TPSA) is 78.4 Å². The predicted molar refractivity (Wildman–Crippen MR) is 73.8 cm³/mol. The second-order valence-corrected chi connectivity index (χ2v) is 5.46. The maximum atomic E-state index is 10.6. The summed E-state index contributed by atoms with van der Waals surface area (Å²) in [7, 11) is 0. The van der Waals surface area contributed by atoms with Gasteiger partial charge in [0.1, 0.15) is 12.1 Å². The number of piperidine rings is 1. The Bertz CT molecular complexity index is 592. The monoisotopic (exact) mass is 278 g/mol. The van der Waals surface area contributed by atoms with Crippen molar-refractivity contribution in [1.82, 2.24) is 15.3 Å². The van der Waals surface area contributed by atoms with Crippen LogP contribution in [0.4, 0.5) is 10.6 Å². The SMILES string of the molecule is O=C(O)NC1CCN(c2ncnc3ccsc23)CC1. The van der Waals surface area contributed by atoms with Gasteiger partial charge in [-0.3, -0.25) is 0 Å². The minimum absolute atomic E-state index is 0.0504. The standard InChI is InChI=1S/C12H14N4O2S/c17-12(18)15-8-1-4-16(5-2-8)11-10-9(3-6-19-10)13-7-14-11/h3,6-8,15H,1-2,4-5H2,(H,17,18). The molecule has 1 amide bonds. The molecule has 7 heteroatoms. The van der Waals surface area contributed by atoms with E-state index in [1.54, 1.807) is 17.7 Å². The van der Waals surface area contributed by atoms with Crippen molar-refractivity contribution in [1.29, 1.82) is 0 Å². The molecular formula is C12H14N4O2S. The molecule has 1 aliphatic heterocycles. The van der Waals surface area contributed by atoms with Gasteiger partial charge in [-0.15, -0.1) is 11.3 Å². The van der Waals surface area contributed by atoms with Gasteiger partial charge in [-0.25, -0.2) is 14.8 Å². The highest BCUT2D eigenvalue weighted by Crippen LogP contribution is 2.29. The van der Waals surface area contributed by atoms with Gasteiger partial charge in [-0.1, -0.05) is 0 Å². The first-order valence-corrected chi connectivity index (χ1v) is 7.04. The number of aromatic nitrogens is 2. The molecule has 0 bridgehead atoms. The summed E-state index contributed by atoms with van der Waals surface area (Å²) in [5.74, 6) is 0.966. The molecule has 0 radical (unpaired) electrons. The van der Waals surface area contributed by atoms with Gasteiger partial charge < -0.3 is 15.3 Å². The Hall–Kier alpha value is -1.89. The van der Waals surface area contributed by atoms with E-state index in [2.05, 4.69) is 20.2 Å². The first-order valence-electron chi connectivity index (χ1n) is 6.16. The van der Waals surface area contributed by atoms with Crippen molar-refractivity contribution >= 4 is 33.5 Å². The van der Waals surface area contributed by atoms with E-state index in [4.69, 9.17) is 5.11 Å². The van der Waals surface area contributed by atoms with Gasteiger partial charge in [0.2, 0.25) is 0 Å². The fourth-order valence-corrected chi connectivity index (χ4v) is 3.27. The number of carbonyl (C=O) groups is 1. The Morgan fingerprint density at radius 1 is 1.42 bits per heavy atom. The molecule has 3 heterocycles. The van der Waals surface area contributed by atoms with E-state index in [-0.39, 0.29) is 6.04 Å². The second-order valence-electron chi connectivity index (χ2n) is 4.54. The molecule has 0 aliphatic carbocycles. The third-order valence-electron chi connectivity index (χ3n) is 3.35. The summed E-state index contributed by atoms with van der Waals surface area (Å²) in [6.45, 7) is 1.63. The van der Waals surface area contributed by atoms with Crippen LogP contribution in [-0.2, 0) is 0 Å². The predicted octanol–water partition coefficient (Wildman–Crippen LogP) is 1.93. The number of thiophene rings is 1. The van der Waals surface area contributed by atoms with Crippen molar-refractivity contribution in [3.05, 3.63) is 17.8 Å². The van der Waals surface area contributed by atoms with Crippen LogP contribution in [0.15, 0.2) is 17.8 Å². The maximum absolute atomic E-state index is 10.6. The van der Waals surface area contributed by atoms with Gasteiger partial charge in [0, 0.05) is 19.1 Å². The molecule has 0 aromatic carbocycles. The Labute approximate surface area is 114 Å². The molecule has 2 N–H and O–H groups in total. The summed E-state index contributed by atoms with van der Waals surface area (Å²) in [6, 6.07) is 2.04. The molecule has 1 aliphatic rings. The largest absolute Gasteiger partial charge is 0.465 e. The molecule has 0 atom stereocenters. The van der Waals surface area contributed by atoms with Crippen LogP contribution in [0.2, 0.25) is 0 Å². The van der Waals surface area contributed by atoms with Gasteiger partial charge in [0.25, 0.3) is 0 Å². The Balaban J connectivity index is 1.75. The highest BCUT2D eigenvalue weighted by molar-refractivity contribution is 7.17. The smallest absolute Gasteiger partial charge is 0.404 e. The molecule has 2 aromatic heterocycles. The van der Waals surface area contributed by atoms with E-state index in [0.717, 1.165) is 42.0 Å². The van der Waals surface area contributed by atoms with E-state index in [1.165, 1.54) is 0 Å². The molecule has 1 fully saturated rings. The van der Waals surface area contributed by atoms with Crippen molar-refractivity contribution in [3.8, 4) is 0 Å². The summed E-state index contributed by atoms with van der Waals surface area (Å²) < 4.78 is 1.10. The molecule has 0 spiro atoms. The van der Waals surface area contributed by atoms with Crippen molar-refractivity contribution < 1.29 is 9.90 Å². The number of amides is 1. The van der Waals surface area contributed by atoms with Gasteiger partial charge >= 0.3 is 6.09 Å². The van der Waals surface area contributed by atoms with Crippen LogP contribution in [0.3, 0.4) is 0 Å². The van der Waals surface area contributed by atoms with Gasteiger partial charge in [0.05, 0.1) is 10.2 Å². The van der Waals surface area contributed by atoms with E-state index in [0.29, 0.717) is 0 Å². The van der Waals surface area contributed by atoms with Crippen molar-refractivity contribution in [2.24, 2.45) is 0 Å². The lowest BCUT2D eigenvalue weighted by atomic mass is 10.1. The van der Waals surface area contributed by atoms with Crippen LogP contribution >= 0.6 is 11.3 Å². The van der Waals surface area contributed by atoms with Crippen LogP contribution in [0.1, 0.15) is 12.8 Å². The van der Waals surface area contributed by atoms with E-state index in [9.17, 15) is 4.79 Å². The molecule has 1 saturated heterocycles. The Morgan fingerprint density at radius 3 is 2.95 bits per heavy atom. The molecule has 6 nitrogen and oxygen atoms in total. The molecule has 0 saturated carbocycles. The van der Waals surface area contributed by atoms with Crippen LogP contribution in [0, 0.1) is 0 Å². The molecule has 19 heavy (non-hydrogen) atoms. The molecule has 100 valence electrons. The number of hydrogen-bond acceptors (Lipinski definition) is 5. The summed E-state index contributed by atoms with van der Waals surface area (Å²) in [5, 5.41) is 13.3. The first kappa shape index (κ1) is 12.2. The van der Waals surface area contributed by atoms with Crippen LogP contribution in [0.5, 0.6) is 0 Å². The highest BCUT2D eigenvalue weighted by Gasteiger charge is 2.22. The van der Waals surface area contributed by atoms with Crippen LogP contribution in [-0.4, -0.2) is 40.3 Å². The third kappa shape index (κ3) is 2.46. The summed E-state index contributed by atoms with van der Waals surface area (Å²) in [4.78, 5) is 21.4. The minimum atomic E-state index is -0.943. The minimum Gasteiger partial charge on any atom is -0.465 e. The Kier molecular flexibility index (Phi) is 3.20. The number of nitrogens with zero attached hydrogens (tertiary/aromatic N) is 3. The number of hydrogen-bond donors (Lipinski definition) is 2. The lowest BCUT2D eigenvalue weighted by Gasteiger charge is -2.32. The normalized spacial score (nSPS) is 16.7. The zero-order valence-electron chi connectivity index (χ0n) is 10.2. The van der Waals surface area contributed by atoms with Crippen molar-refractivity contribution in [3.63, 3.8) is 0 Å². The van der Waals surface area contributed by atoms with E-state index in [1.807, 2.05) is 11.4 Å². The number of rotatable bonds is 2. The van der Waals surface area contributed by atoms with Crippen LogP contribution < -0.4 is 10.2 Å². The highest BCUT2D eigenvalue weighted by atomic mass is 32.1. The first-order chi connectivity index (χ1) is 9.24. The second kappa shape index (κ2) is 5.00. The average molecular weight is 278 g/mol. The fourth-order valence-electron chi connectivity index (χ4n) is 2.41. The zero-order valence-corrected chi connectivity index (χ0v) is 11.1. The molecule has 0 unspecified atom stereocenters. The molecule has 2 aromatic rings. The quantitative estimate of drug-likeness (QED) is 0.877. The summed E-state index contributed by atoms with van der Waals surface area (Å²) >= 11 is 1.64. The fraction of sp³-hybridized carbons (Fsp3) is 0.417. The van der Waals surface area contributed by atoms with E-state index >= 15 is 0 Å². The molecular weight excluding hydrogens is 264 g/mol. The molecule has 3 rings (SSSR count). The van der Waals surface area contributed by atoms with E-state index < -0.39 is 6.09 Å². The summed E-state index contributed by atoms with van der Waals surface area (Å²) in [5.41, 5.74) is 0.973. The number of carboxylic acid groups (broad SMARTS) is 1. The lowest BCUT2D eigenvalue weighted by Crippen LogP contribution is -2.44. The zero-order chi connectivity index (χ0) is 13.2. The number of nitrogens with one attached hydrogen (secondary N) is 1. The summed E-state index contributed by atoms with van der Waals surface area (Å²) in [6.07, 6.45) is 2.26. The average Bonchev–Trinajstić information content (AvgIpc) is 2.87. The van der Waals surface area contributed by atoms with Gasteiger partial charge in [-0.05, 0) is 24.3 Å². The van der Waals surface area contributed by atoms with Crippen molar-refractivity contribution in [2.75, 3.05) is 18.0 Å².